The molecule has 10 heteroatoms. The molecule has 1 rings (SSSR count). The maximum atomic E-state index is 13.1. The second kappa shape index (κ2) is 21.2. The normalized spacial score (nSPS) is 13.3. The number of ether oxygens (including phenoxy) is 2. The van der Waals surface area contributed by atoms with E-state index in [1.165, 1.54) is 28.5 Å². The molecule has 2 unspecified atom stereocenters. The number of carboxylic acids is 1. The van der Waals surface area contributed by atoms with Gasteiger partial charge in [-0.3, -0.25) is 9.59 Å². The van der Waals surface area contributed by atoms with E-state index in [-0.39, 0.29) is 25.2 Å². The highest BCUT2D eigenvalue weighted by Crippen LogP contribution is 2.14. The summed E-state index contributed by atoms with van der Waals surface area (Å²) >= 11 is 1.39. The molecule has 1 aromatic carbocycles. The van der Waals surface area contributed by atoms with Gasteiger partial charge in [0.15, 0.2) is 0 Å². The Bertz CT molecular complexity index is 1180. The van der Waals surface area contributed by atoms with Crippen molar-refractivity contribution in [1.29, 1.82) is 0 Å². The van der Waals surface area contributed by atoms with Crippen LogP contribution >= 0.6 is 11.8 Å². The third-order valence-corrected chi connectivity index (χ3v) is 7.43. The van der Waals surface area contributed by atoms with Gasteiger partial charge in [0, 0.05) is 17.9 Å². The van der Waals surface area contributed by atoms with Crippen molar-refractivity contribution in [3.8, 4) is 0 Å². The van der Waals surface area contributed by atoms with Gasteiger partial charge in [-0.25, -0.2) is 9.59 Å². The van der Waals surface area contributed by atoms with Crippen molar-refractivity contribution in [3.05, 3.63) is 70.8 Å². The van der Waals surface area contributed by atoms with Crippen LogP contribution in [0.4, 0.5) is 4.79 Å². The summed E-state index contributed by atoms with van der Waals surface area (Å²) in [5, 5.41) is 14.7. The minimum Gasteiger partial charge on any atom is -0.480 e. The number of allylic oxidation sites excluding steroid dienone is 5. The lowest BCUT2D eigenvalue weighted by Crippen LogP contribution is -2.53. The fraction of sp³-hybridized carbons (Fsp3) is 0.543. The molecule has 3 N–H and O–H groups in total. The summed E-state index contributed by atoms with van der Waals surface area (Å²) in [5.74, 6) is -1.73. The number of benzene rings is 1. The van der Waals surface area contributed by atoms with Crippen LogP contribution in [0.5, 0.6) is 0 Å². The topological polar surface area (TPSA) is 131 Å². The first kappa shape index (κ1) is 39.5. The number of amides is 2. The van der Waals surface area contributed by atoms with E-state index in [1.54, 1.807) is 20.8 Å². The lowest BCUT2D eigenvalue weighted by atomic mass is 10.1. The summed E-state index contributed by atoms with van der Waals surface area (Å²) in [6, 6.07) is 6.78. The Morgan fingerprint density at radius 3 is 2.09 bits per heavy atom. The fourth-order valence-corrected chi connectivity index (χ4v) is 4.96. The van der Waals surface area contributed by atoms with Crippen LogP contribution in [0.1, 0.15) is 92.6 Å². The number of nitrogens with one attached hydrogen (secondary N) is 2. The van der Waals surface area contributed by atoms with E-state index in [0.29, 0.717) is 5.75 Å². The van der Waals surface area contributed by atoms with Crippen molar-refractivity contribution in [2.75, 3.05) is 11.5 Å². The van der Waals surface area contributed by atoms with Gasteiger partial charge < -0.3 is 25.2 Å². The molecule has 0 fully saturated rings. The average molecular weight is 645 g/mol. The van der Waals surface area contributed by atoms with Gasteiger partial charge in [0.1, 0.15) is 24.3 Å². The van der Waals surface area contributed by atoms with E-state index < -0.39 is 41.6 Å². The Kier molecular flexibility index (Phi) is 18.6. The molecule has 250 valence electrons. The molecule has 2 amide bonds. The van der Waals surface area contributed by atoms with Crippen LogP contribution in [0.25, 0.3) is 0 Å². The van der Waals surface area contributed by atoms with Crippen LogP contribution in [-0.4, -0.2) is 58.2 Å². The molecule has 0 bridgehead atoms. The fourth-order valence-electron chi connectivity index (χ4n) is 3.96. The molecule has 0 aromatic heterocycles. The van der Waals surface area contributed by atoms with Crippen molar-refractivity contribution < 1.29 is 33.8 Å². The lowest BCUT2D eigenvalue weighted by molar-refractivity contribution is -0.145. The van der Waals surface area contributed by atoms with Crippen molar-refractivity contribution in [2.45, 2.75) is 111 Å². The zero-order valence-corrected chi connectivity index (χ0v) is 28.8. The number of thioether (sulfide) groups is 1. The van der Waals surface area contributed by atoms with Crippen LogP contribution in [0.2, 0.25) is 0 Å². The second-order valence-electron chi connectivity index (χ2n) is 12.3. The highest BCUT2D eigenvalue weighted by molar-refractivity contribution is 7.99. The first-order valence-corrected chi connectivity index (χ1v) is 16.6. The van der Waals surface area contributed by atoms with E-state index in [2.05, 4.69) is 56.6 Å². The molecule has 0 aliphatic carbocycles. The molecule has 45 heavy (non-hydrogen) atoms. The number of carboxylic acid groups (broad SMARTS) is 1. The number of alkyl carbamates (subject to hydrolysis) is 1. The molecule has 0 saturated carbocycles. The van der Waals surface area contributed by atoms with Gasteiger partial charge in [0.25, 0.3) is 0 Å². The summed E-state index contributed by atoms with van der Waals surface area (Å²) < 4.78 is 10.6. The minimum atomic E-state index is -1.20. The Hall–Kier alpha value is -3.53. The third-order valence-electron chi connectivity index (χ3n) is 6.46. The summed E-state index contributed by atoms with van der Waals surface area (Å²) in [6.07, 6.45) is 9.46. The highest BCUT2D eigenvalue weighted by Gasteiger charge is 2.29. The van der Waals surface area contributed by atoms with Gasteiger partial charge in [0.2, 0.25) is 5.91 Å². The standard InChI is InChI=1S/C35H52N2O7S/c1-25(2)13-11-14-26(3)15-12-16-27(4)21-22-45-24-30(33(40)41)36-32(39)29(37-34(42)44-35(5,6)7)19-20-31(38)43-23-28-17-9-8-10-18-28/h8-10,13,15,17-18,21,29-30H,11-12,14,16,19-20,22-24H2,1-7H3,(H,36,39)(H,37,42)(H,40,41). The zero-order valence-electron chi connectivity index (χ0n) is 27.9. The van der Waals surface area contributed by atoms with Crippen LogP contribution in [0.3, 0.4) is 0 Å². The Morgan fingerprint density at radius 1 is 0.867 bits per heavy atom. The zero-order chi connectivity index (χ0) is 33.8. The molecule has 0 radical (unpaired) electrons. The largest absolute Gasteiger partial charge is 0.480 e. The summed E-state index contributed by atoms with van der Waals surface area (Å²) in [6.45, 7) is 13.5. The van der Waals surface area contributed by atoms with Gasteiger partial charge in [-0.2, -0.15) is 11.8 Å². The van der Waals surface area contributed by atoms with Gasteiger partial charge in [-0.15, -0.1) is 0 Å². The first-order valence-electron chi connectivity index (χ1n) is 15.4. The molecular weight excluding hydrogens is 592 g/mol. The SMILES string of the molecule is CC(C)=CCCC(C)=CCCC(C)=CCSCC(NC(=O)C(CCC(=O)OCc1ccccc1)NC(=O)OC(C)(C)C)C(=O)O. The van der Waals surface area contributed by atoms with Gasteiger partial charge in [-0.05, 0) is 86.1 Å². The third kappa shape index (κ3) is 20.2. The molecule has 0 aliphatic heterocycles. The smallest absolute Gasteiger partial charge is 0.408 e. The number of aliphatic carboxylic acids is 1. The van der Waals surface area contributed by atoms with Crippen molar-refractivity contribution in [2.24, 2.45) is 0 Å². The maximum absolute atomic E-state index is 13.1. The van der Waals surface area contributed by atoms with Crippen LogP contribution in [0.15, 0.2) is 65.3 Å². The van der Waals surface area contributed by atoms with E-state index in [4.69, 9.17) is 9.47 Å². The molecule has 0 spiro atoms. The summed E-state index contributed by atoms with van der Waals surface area (Å²) in [4.78, 5) is 49.9. The monoisotopic (exact) mass is 644 g/mol. The molecule has 0 aliphatic rings. The summed E-state index contributed by atoms with van der Waals surface area (Å²) in [7, 11) is 0. The average Bonchev–Trinajstić information content (AvgIpc) is 2.94. The number of hydrogen-bond acceptors (Lipinski definition) is 7. The molecule has 1 aromatic rings. The molecule has 0 saturated heterocycles. The maximum Gasteiger partial charge on any atom is 0.408 e. The Morgan fingerprint density at radius 2 is 1.49 bits per heavy atom. The quantitative estimate of drug-likeness (QED) is 0.0824. The first-order chi connectivity index (χ1) is 21.2. The van der Waals surface area contributed by atoms with E-state index >= 15 is 0 Å². The van der Waals surface area contributed by atoms with E-state index in [1.807, 2.05) is 30.3 Å². The van der Waals surface area contributed by atoms with Crippen LogP contribution < -0.4 is 10.6 Å². The molecule has 2 atom stereocenters. The number of carbonyl (C=O) groups is 4. The summed E-state index contributed by atoms with van der Waals surface area (Å²) in [5.41, 5.74) is 3.92. The predicted octanol–water partition coefficient (Wildman–Crippen LogP) is 7.13. The number of carbonyl (C=O) groups excluding carboxylic acids is 3. The predicted molar refractivity (Wildman–Crippen MR) is 181 cm³/mol. The van der Waals surface area contributed by atoms with Crippen molar-refractivity contribution in [1.82, 2.24) is 10.6 Å². The number of rotatable bonds is 19. The number of esters is 1. The van der Waals surface area contributed by atoms with E-state index in [0.717, 1.165) is 31.2 Å². The van der Waals surface area contributed by atoms with Gasteiger partial charge in [-0.1, -0.05) is 65.3 Å². The second-order valence-corrected chi connectivity index (χ2v) is 13.4. The highest BCUT2D eigenvalue weighted by atomic mass is 32.2. The van der Waals surface area contributed by atoms with Crippen LogP contribution in [0, 0.1) is 0 Å². The molecule has 9 nitrogen and oxygen atoms in total. The van der Waals surface area contributed by atoms with E-state index in [9.17, 15) is 24.3 Å². The van der Waals surface area contributed by atoms with Crippen LogP contribution in [-0.2, 0) is 30.5 Å². The van der Waals surface area contributed by atoms with Gasteiger partial charge >= 0.3 is 18.0 Å². The Balaban J connectivity index is 2.68. The molecule has 0 heterocycles. The lowest BCUT2D eigenvalue weighted by Gasteiger charge is -2.24. The Labute approximate surface area is 273 Å². The molecular formula is C35H52N2O7S. The van der Waals surface area contributed by atoms with Crippen molar-refractivity contribution >= 4 is 35.7 Å². The van der Waals surface area contributed by atoms with Crippen molar-refractivity contribution in [3.63, 3.8) is 0 Å². The minimum absolute atomic E-state index is 0.0786. The number of hydrogen-bond donors (Lipinski definition) is 3. The van der Waals surface area contributed by atoms with Gasteiger partial charge in [0.05, 0.1) is 0 Å².